The lowest BCUT2D eigenvalue weighted by Gasteiger charge is -2.37. The number of hydrogen-bond donors (Lipinski definition) is 1. The van der Waals surface area contributed by atoms with Gasteiger partial charge in [0.2, 0.25) is 0 Å². The average molecular weight is 202 g/mol. The third kappa shape index (κ3) is 3.12. The van der Waals surface area contributed by atoms with Crippen LogP contribution in [0.25, 0.3) is 0 Å². The van der Waals surface area contributed by atoms with Crippen molar-refractivity contribution in [1.29, 1.82) is 0 Å². The lowest BCUT2D eigenvalue weighted by Crippen LogP contribution is -2.43. The zero-order chi connectivity index (χ0) is 9.73. The first-order valence-corrected chi connectivity index (χ1v) is 7.48. The Labute approximate surface area is 80.2 Å². The summed E-state index contributed by atoms with van der Waals surface area (Å²) >= 11 is 0. The summed E-state index contributed by atoms with van der Waals surface area (Å²) in [5.41, 5.74) is 0. The number of hydrogen-bond acceptors (Lipinski definition) is 2. The van der Waals surface area contributed by atoms with Crippen LogP contribution < -0.4 is 0 Å². The lowest BCUT2D eigenvalue weighted by molar-refractivity contribution is -0.137. The second-order valence-corrected chi connectivity index (χ2v) is 8.12. The van der Waals surface area contributed by atoms with Crippen molar-refractivity contribution in [3.63, 3.8) is 0 Å². The first-order chi connectivity index (χ1) is 6.18. The minimum atomic E-state index is -1.28. The van der Waals surface area contributed by atoms with Crippen molar-refractivity contribution in [3.05, 3.63) is 0 Å². The molecule has 13 heavy (non-hydrogen) atoms. The molecule has 3 nitrogen and oxygen atoms in total. The highest BCUT2D eigenvalue weighted by atomic mass is 28.4. The van der Waals surface area contributed by atoms with E-state index in [-0.39, 0.29) is 0 Å². The van der Waals surface area contributed by atoms with Gasteiger partial charge in [-0.1, -0.05) is 12.8 Å². The molecule has 0 radical (unpaired) electrons. The van der Waals surface area contributed by atoms with Gasteiger partial charge in [0.15, 0.2) is 8.32 Å². The molecular formula is C9H18O3Si. The van der Waals surface area contributed by atoms with E-state index in [4.69, 9.17) is 9.53 Å². The molecule has 0 atom stereocenters. The van der Waals surface area contributed by atoms with Crippen molar-refractivity contribution in [2.24, 2.45) is 0 Å². The Kier molecular flexibility index (Phi) is 3.93. The molecule has 1 N–H and O–H groups in total. The molecule has 4 heteroatoms. The fraction of sp³-hybridized carbons (Fsp3) is 0.889. The summed E-state index contributed by atoms with van der Waals surface area (Å²) in [6.07, 6.45) is 3.48. The normalized spacial score (nSPS) is 19.5. The highest BCUT2D eigenvalue weighted by Gasteiger charge is 2.39. The Bertz CT molecular complexity index is 172. The molecule has 0 aromatic heterocycles. The summed E-state index contributed by atoms with van der Waals surface area (Å²) in [5, 5.41) is 8.45. The van der Waals surface area contributed by atoms with Crippen LogP contribution in [0.4, 0.5) is 0 Å². The van der Waals surface area contributed by atoms with E-state index in [1.807, 2.05) is 7.11 Å². The number of carbonyl (C=O) groups is 1. The van der Waals surface area contributed by atoms with E-state index < -0.39 is 14.3 Å². The van der Waals surface area contributed by atoms with Crippen LogP contribution in [-0.4, -0.2) is 26.5 Å². The molecule has 0 aliphatic carbocycles. The summed E-state index contributed by atoms with van der Waals surface area (Å²) in [5.74, 6) is -0.679. The fourth-order valence-electron chi connectivity index (χ4n) is 1.85. The fourth-order valence-corrected chi connectivity index (χ4v) is 5.00. The average Bonchev–Trinajstić information content (AvgIpc) is 2.01. The Morgan fingerprint density at radius 2 is 2.15 bits per heavy atom. The molecule has 0 saturated carbocycles. The number of carboxylic acids is 1. The molecule has 1 saturated heterocycles. The third-order valence-corrected chi connectivity index (χ3v) is 7.63. The molecule has 76 valence electrons. The maximum Gasteiger partial charge on any atom is 0.303 e. The lowest BCUT2D eigenvalue weighted by atomic mass is 10.2. The Balaban J connectivity index is 2.07. The monoisotopic (exact) mass is 202 g/mol. The van der Waals surface area contributed by atoms with Gasteiger partial charge in [-0.25, -0.2) is 0 Å². The molecule has 0 unspecified atom stereocenters. The van der Waals surface area contributed by atoms with Crippen molar-refractivity contribution in [2.75, 3.05) is 7.11 Å². The molecule has 0 aromatic rings. The second kappa shape index (κ2) is 4.76. The van der Waals surface area contributed by atoms with Crippen LogP contribution in [0, 0.1) is 0 Å². The third-order valence-electron chi connectivity index (χ3n) is 2.97. The number of unbranched alkanes of at least 4 members (excludes halogenated alkanes) is 1. The zero-order valence-corrected chi connectivity index (χ0v) is 9.21. The van der Waals surface area contributed by atoms with Crippen LogP contribution in [0.2, 0.25) is 18.1 Å². The maximum atomic E-state index is 10.3. The van der Waals surface area contributed by atoms with Gasteiger partial charge >= 0.3 is 5.97 Å². The van der Waals surface area contributed by atoms with Gasteiger partial charge < -0.3 is 9.53 Å². The Morgan fingerprint density at radius 3 is 2.54 bits per heavy atom. The second-order valence-electron chi connectivity index (χ2n) is 3.84. The maximum absolute atomic E-state index is 10.3. The highest BCUT2D eigenvalue weighted by molar-refractivity contribution is 6.76. The first-order valence-electron chi connectivity index (χ1n) is 4.95. The van der Waals surface area contributed by atoms with E-state index in [0.29, 0.717) is 6.42 Å². The quantitative estimate of drug-likeness (QED) is 0.531. The van der Waals surface area contributed by atoms with Crippen LogP contribution in [0.5, 0.6) is 0 Å². The van der Waals surface area contributed by atoms with E-state index in [2.05, 4.69) is 0 Å². The van der Waals surface area contributed by atoms with Crippen molar-refractivity contribution in [1.82, 2.24) is 0 Å². The van der Waals surface area contributed by atoms with Crippen molar-refractivity contribution >= 4 is 14.3 Å². The van der Waals surface area contributed by atoms with Crippen molar-refractivity contribution < 1.29 is 14.3 Å². The summed E-state index contributed by atoms with van der Waals surface area (Å²) in [6, 6.07) is 3.74. The van der Waals surface area contributed by atoms with E-state index in [0.717, 1.165) is 18.9 Å². The van der Waals surface area contributed by atoms with Crippen LogP contribution in [0.3, 0.4) is 0 Å². The van der Waals surface area contributed by atoms with Crippen LogP contribution in [0.15, 0.2) is 0 Å². The van der Waals surface area contributed by atoms with Gasteiger partial charge in [0.05, 0.1) is 0 Å². The number of aliphatic carboxylic acids is 1. The summed E-state index contributed by atoms with van der Waals surface area (Å²) in [4.78, 5) is 10.3. The molecule has 1 fully saturated rings. The van der Waals surface area contributed by atoms with Crippen LogP contribution >= 0.6 is 0 Å². The molecule has 0 spiro atoms. The molecule has 1 heterocycles. The Hall–Kier alpha value is -0.353. The number of rotatable bonds is 6. The van der Waals surface area contributed by atoms with E-state index in [1.165, 1.54) is 18.5 Å². The standard InChI is InChI=1S/C9H18O3Si/c1-12-13(7-4-8-13)6-3-2-5-9(10)11/h2-8H2,1H3,(H,10,11). The molecule has 0 amide bonds. The van der Waals surface area contributed by atoms with Gasteiger partial charge in [0.1, 0.15) is 0 Å². The van der Waals surface area contributed by atoms with Crippen LogP contribution in [0.1, 0.15) is 25.7 Å². The minimum absolute atomic E-state index is 0.314. The zero-order valence-electron chi connectivity index (χ0n) is 8.21. The largest absolute Gasteiger partial charge is 0.481 e. The molecule has 0 bridgehead atoms. The molecule has 1 aliphatic rings. The van der Waals surface area contributed by atoms with E-state index in [9.17, 15) is 4.79 Å². The molecule has 1 rings (SSSR count). The molecule has 0 aromatic carbocycles. The molecular weight excluding hydrogens is 184 g/mol. The van der Waals surface area contributed by atoms with Gasteiger partial charge in [0, 0.05) is 13.5 Å². The van der Waals surface area contributed by atoms with Gasteiger partial charge in [-0.05, 0) is 24.6 Å². The van der Waals surface area contributed by atoms with Gasteiger partial charge in [0.25, 0.3) is 0 Å². The predicted octanol–water partition coefficient (Wildman–Crippen LogP) is 2.24. The summed E-state index contributed by atoms with van der Waals surface area (Å²) < 4.78 is 5.57. The SMILES string of the molecule is CO[Si]1(CCCCC(=O)O)CCC1. The summed E-state index contributed by atoms with van der Waals surface area (Å²) in [7, 11) is 0.540. The highest BCUT2D eigenvalue weighted by Crippen LogP contribution is 2.37. The Morgan fingerprint density at radius 1 is 1.46 bits per heavy atom. The predicted molar refractivity (Wildman–Crippen MR) is 53.3 cm³/mol. The van der Waals surface area contributed by atoms with E-state index >= 15 is 0 Å². The van der Waals surface area contributed by atoms with Crippen LogP contribution in [-0.2, 0) is 9.22 Å². The van der Waals surface area contributed by atoms with E-state index in [1.54, 1.807) is 0 Å². The van der Waals surface area contributed by atoms with Gasteiger partial charge in [-0.3, -0.25) is 4.79 Å². The number of carboxylic acid groups (broad SMARTS) is 1. The smallest absolute Gasteiger partial charge is 0.303 e. The minimum Gasteiger partial charge on any atom is -0.481 e. The topological polar surface area (TPSA) is 46.5 Å². The van der Waals surface area contributed by atoms with Crippen molar-refractivity contribution in [3.8, 4) is 0 Å². The van der Waals surface area contributed by atoms with Crippen molar-refractivity contribution in [2.45, 2.75) is 43.8 Å². The summed E-state index contributed by atoms with van der Waals surface area (Å²) in [6.45, 7) is 0. The first kappa shape index (κ1) is 10.7. The molecule has 1 aliphatic heterocycles. The van der Waals surface area contributed by atoms with Gasteiger partial charge in [-0.15, -0.1) is 0 Å². The van der Waals surface area contributed by atoms with Gasteiger partial charge in [-0.2, -0.15) is 0 Å².